The number of aromatic nitrogens is 3. The number of aliphatic hydroxyl groups is 3. The van der Waals surface area contributed by atoms with Crippen molar-refractivity contribution < 1.29 is 34.3 Å². The van der Waals surface area contributed by atoms with E-state index < -0.39 is 47.8 Å². The molecule has 1 amide bonds. The Morgan fingerprint density at radius 3 is 2.45 bits per heavy atom. The number of carbonyl (C=O) groups excluding carboxylic acids is 1. The minimum Gasteiger partial charge on any atom is -0.388 e. The van der Waals surface area contributed by atoms with E-state index >= 15 is 0 Å². The number of nitrogens with one attached hydrogen (secondary N) is 1. The summed E-state index contributed by atoms with van der Waals surface area (Å²) in [5.74, 6) is -0.453. The van der Waals surface area contributed by atoms with Crippen molar-refractivity contribution in [3.8, 4) is 6.07 Å². The van der Waals surface area contributed by atoms with E-state index in [2.05, 4.69) is 58.6 Å². The maximum Gasteiger partial charge on any atom is 0.262 e. The molecule has 13 heteroatoms. The van der Waals surface area contributed by atoms with Crippen molar-refractivity contribution in [2.75, 3.05) is 31.7 Å². The van der Waals surface area contributed by atoms with Crippen LogP contribution >= 0.6 is 0 Å². The van der Waals surface area contributed by atoms with E-state index in [-0.39, 0.29) is 12.1 Å². The number of ether oxygens (including phenoxy) is 3. The number of carbonyl (C=O) groups is 1. The highest BCUT2D eigenvalue weighted by atomic mass is 16.7. The molecule has 0 aliphatic carbocycles. The summed E-state index contributed by atoms with van der Waals surface area (Å²) in [7, 11) is 1.34. The van der Waals surface area contributed by atoms with Crippen LogP contribution in [0, 0.1) is 11.3 Å². The first-order valence-corrected chi connectivity index (χ1v) is 16.7. The van der Waals surface area contributed by atoms with Crippen LogP contribution in [0.15, 0.2) is 48.2 Å². The van der Waals surface area contributed by atoms with Crippen LogP contribution < -0.4 is 10.2 Å². The molecule has 5 unspecified atom stereocenters. The van der Waals surface area contributed by atoms with Gasteiger partial charge in [-0.25, -0.2) is 4.68 Å². The van der Waals surface area contributed by atoms with Crippen molar-refractivity contribution in [3.63, 3.8) is 0 Å². The summed E-state index contributed by atoms with van der Waals surface area (Å²) >= 11 is 0. The van der Waals surface area contributed by atoms with Gasteiger partial charge in [-0.2, -0.15) is 5.26 Å². The van der Waals surface area contributed by atoms with Crippen molar-refractivity contribution in [1.82, 2.24) is 20.3 Å². The highest BCUT2D eigenvalue weighted by molar-refractivity contribution is 6.02. The van der Waals surface area contributed by atoms with Crippen LogP contribution in [0.5, 0.6) is 0 Å². The van der Waals surface area contributed by atoms with Gasteiger partial charge in [-0.15, -0.1) is 5.10 Å². The maximum absolute atomic E-state index is 13.2. The van der Waals surface area contributed by atoms with Crippen molar-refractivity contribution in [1.29, 1.82) is 5.26 Å². The summed E-state index contributed by atoms with van der Waals surface area (Å²) in [6, 6.07) is 14.3. The third-order valence-corrected chi connectivity index (χ3v) is 8.79. The minimum absolute atomic E-state index is 0.0195. The van der Waals surface area contributed by atoms with Crippen molar-refractivity contribution in [3.05, 3.63) is 59.4 Å². The number of anilines is 1. The van der Waals surface area contributed by atoms with Crippen LogP contribution in [0.2, 0.25) is 0 Å². The fourth-order valence-corrected chi connectivity index (χ4v) is 5.90. The van der Waals surface area contributed by atoms with Crippen molar-refractivity contribution in [2.45, 2.75) is 103 Å². The molecule has 0 saturated carbocycles. The Bertz CT molecular complexity index is 1640. The van der Waals surface area contributed by atoms with E-state index in [4.69, 9.17) is 14.2 Å². The Hall–Kier alpha value is -3.90. The molecule has 49 heavy (non-hydrogen) atoms. The minimum atomic E-state index is -1.42. The molecule has 13 nitrogen and oxygen atoms in total. The molecule has 1 saturated heterocycles. The Kier molecular flexibility index (Phi) is 12.5. The average Bonchev–Trinajstić information content (AvgIpc) is 3.49. The molecule has 4 N–H and O–H groups in total. The first-order valence-electron chi connectivity index (χ1n) is 16.7. The van der Waals surface area contributed by atoms with Crippen LogP contribution in [0.1, 0.15) is 59.2 Å². The predicted octanol–water partition coefficient (Wildman–Crippen LogP) is 2.96. The molecule has 3 aromatic rings. The summed E-state index contributed by atoms with van der Waals surface area (Å²) in [5.41, 5.74) is 1.32. The third-order valence-electron chi connectivity index (χ3n) is 8.79. The number of nitrogens with zero attached hydrogens (tertiary/aromatic N) is 5. The number of hydrogen-bond acceptors (Lipinski definition) is 11. The van der Waals surface area contributed by atoms with Crippen LogP contribution in [-0.4, -0.2) is 105 Å². The molecule has 2 aromatic carbocycles. The van der Waals surface area contributed by atoms with Gasteiger partial charge in [0, 0.05) is 50.7 Å². The first kappa shape index (κ1) is 37.9. The molecule has 1 aliphatic rings. The first-order chi connectivity index (χ1) is 23.2. The van der Waals surface area contributed by atoms with Crippen LogP contribution in [0.3, 0.4) is 0 Å². The van der Waals surface area contributed by atoms with E-state index in [0.29, 0.717) is 25.1 Å². The van der Waals surface area contributed by atoms with Gasteiger partial charge in [-0.3, -0.25) is 4.79 Å². The summed E-state index contributed by atoms with van der Waals surface area (Å²) in [6.07, 6.45) is -1.83. The van der Waals surface area contributed by atoms with Gasteiger partial charge in [0.2, 0.25) is 0 Å². The van der Waals surface area contributed by atoms with E-state index in [1.165, 1.54) is 11.8 Å². The van der Waals surface area contributed by atoms with E-state index in [1.54, 1.807) is 12.3 Å². The van der Waals surface area contributed by atoms with Crippen molar-refractivity contribution in [2.24, 2.45) is 0 Å². The number of amides is 1. The molecular formula is C36H50N6O7. The SMILES string of the molecule is CCN(CC)c1ccc2cc(C=C(C#N)C(=O)NC(C)(C)CCOC(C)(C)Cc3cn(CC4OC(OC)C(O)C(O)C4O)nn3)ccc2c1. The number of nitriles is 1. The lowest BCUT2D eigenvalue weighted by molar-refractivity contribution is -0.292. The predicted molar refractivity (Wildman–Crippen MR) is 185 cm³/mol. The number of aliphatic hydroxyl groups excluding tert-OH is 3. The molecule has 266 valence electrons. The van der Waals surface area contributed by atoms with Gasteiger partial charge >= 0.3 is 0 Å². The van der Waals surface area contributed by atoms with Gasteiger partial charge in [0.25, 0.3) is 5.91 Å². The second-order valence-electron chi connectivity index (χ2n) is 13.7. The Morgan fingerprint density at radius 1 is 1.08 bits per heavy atom. The maximum atomic E-state index is 13.2. The third kappa shape index (κ3) is 9.85. The quantitative estimate of drug-likeness (QED) is 0.137. The number of benzene rings is 2. The van der Waals surface area contributed by atoms with Gasteiger partial charge in [-0.1, -0.05) is 23.4 Å². The summed E-state index contributed by atoms with van der Waals surface area (Å²) in [4.78, 5) is 15.4. The molecule has 2 heterocycles. The second-order valence-corrected chi connectivity index (χ2v) is 13.7. The Morgan fingerprint density at radius 2 is 1.78 bits per heavy atom. The molecule has 0 radical (unpaired) electrons. The second kappa shape index (κ2) is 16.2. The van der Waals surface area contributed by atoms with Gasteiger partial charge in [0.15, 0.2) is 6.29 Å². The normalized spacial score (nSPS) is 21.8. The topological polar surface area (TPSA) is 175 Å². The Balaban J connectivity index is 1.29. The monoisotopic (exact) mass is 678 g/mol. The fraction of sp³-hybridized carbons (Fsp3) is 0.556. The van der Waals surface area contributed by atoms with E-state index in [1.807, 2.05) is 45.9 Å². The van der Waals surface area contributed by atoms with Crippen LogP contribution in [0.25, 0.3) is 16.8 Å². The smallest absolute Gasteiger partial charge is 0.262 e. The fourth-order valence-electron chi connectivity index (χ4n) is 5.90. The van der Waals surface area contributed by atoms with Crippen molar-refractivity contribution >= 4 is 28.4 Å². The number of fused-ring (bicyclic) bond motifs is 1. The van der Waals surface area contributed by atoms with Gasteiger partial charge in [-0.05, 0) is 88.6 Å². The highest BCUT2D eigenvalue weighted by Crippen LogP contribution is 2.26. The summed E-state index contributed by atoms with van der Waals surface area (Å²) in [6.45, 7) is 14.2. The molecule has 0 spiro atoms. The van der Waals surface area contributed by atoms with Gasteiger partial charge in [0.05, 0.1) is 17.8 Å². The molecule has 1 aliphatic heterocycles. The lowest BCUT2D eigenvalue weighted by atomic mass is 9.98. The molecule has 1 fully saturated rings. The van der Waals surface area contributed by atoms with Crippen LogP contribution in [0.4, 0.5) is 5.69 Å². The molecule has 5 atom stereocenters. The summed E-state index contributed by atoms with van der Waals surface area (Å²) < 4.78 is 18.3. The lowest BCUT2D eigenvalue weighted by Crippen LogP contribution is -2.58. The zero-order valence-electron chi connectivity index (χ0n) is 29.5. The molecular weight excluding hydrogens is 628 g/mol. The summed E-state index contributed by atoms with van der Waals surface area (Å²) in [5, 5.41) is 53.7. The van der Waals surface area contributed by atoms with E-state index in [9.17, 15) is 25.4 Å². The van der Waals surface area contributed by atoms with Gasteiger partial charge in [0.1, 0.15) is 36.1 Å². The zero-order chi connectivity index (χ0) is 35.9. The number of methoxy groups -OCH3 is 1. The van der Waals surface area contributed by atoms with Gasteiger partial charge < -0.3 is 39.7 Å². The number of rotatable bonds is 15. The lowest BCUT2D eigenvalue weighted by Gasteiger charge is -2.39. The molecule has 4 rings (SSSR count). The van der Waals surface area contributed by atoms with Crippen LogP contribution in [-0.2, 0) is 32.0 Å². The Labute approximate surface area is 288 Å². The average molecular weight is 679 g/mol. The number of hydrogen-bond donors (Lipinski definition) is 4. The standard InChI is InChI=1S/C36H50N6O7/c1-8-41(9-2)28-13-12-24-16-23(10-11-25(24)18-28)17-26(20-37)33(46)38-35(3,4)14-15-48-36(5,6)19-27-21-42(40-39-27)22-29-30(43)31(44)32(45)34(47-7)49-29/h10-13,16-18,21,29-32,34,43-45H,8-9,14-15,19,22H2,1-7H3,(H,38,46). The van der Waals surface area contributed by atoms with E-state index in [0.717, 1.165) is 35.1 Å². The zero-order valence-corrected chi connectivity index (χ0v) is 29.5. The highest BCUT2D eigenvalue weighted by Gasteiger charge is 2.44. The largest absolute Gasteiger partial charge is 0.388 e. The molecule has 1 aromatic heterocycles. The molecule has 0 bridgehead atoms.